The van der Waals surface area contributed by atoms with Crippen molar-refractivity contribution in [2.45, 2.75) is 43.4 Å². The molecule has 0 aliphatic heterocycles. The van der Waals surface area contributed by atoms with E-state index in [1.807, 2.05) is 0 Å². The summed E-state index contributed by atoms with van der Waals surface area (Å²) < 4.78 is 73.8. The number of sulfone groups is 1. The van der Waals surface area contributed by atoms with Gasteiger partial charge in [-0.1, -0.05) is 11.2 Å². The smallest absolute Gasteiger partial charge is 0.416 e. The molecular formula is C21H19F3N4O6S. The summed E-state index contributed by atoms with van der Waals surface area (Å²) >= 11 is 0. The van der Waals surface area contributed by atoms with Crippen LogP contribution in [-0.2, 0) is 27.2 Å². The summed E-state index contributed by atoms with van der Waals surface area (Å²) in [5.41, 5.74) is -1.82. The summed E-state index contributed by atoms with van der Waals surface area (Å²) in [7, 11) is -3.77. The quantitative estimate of drug-likeness (QED) is 0.355. The molecule has 0 spiro atoms. The van der Waals surface area contributed by atoms with E-state index in [4.69, 9.17) is 9.26 Å². The van der Waals surface area contributed by atoms with E-state index in [1.165, 1.54) is 0 Å². The molecule has 10 nitrogen and oxygen atoms in total. The zero-order chi connectivity index (χ0) is 25.5. The van der Waals surface area contributed by atoms with Crippen molar-refractivity contribution in [1.82, 2.24) is 20.3 Å². The van der Waals surface area contributed by atoms with Crippen LogP contribution < -0.4 is 0 Å². The minimum absolute atomic E-state index is 0.0117. The zero-order valence-electron chi connectivity index (χ0n) is 18.5. The predicted octanol–water partition coefficient (Wildman–Crippen LogP) is 3.09. The van der Waals surface area contributed by atoms with Crippen LogP contribution in [0.25, 0.3) is 0 Å². The predicted molar refractivity (Wildman–Crippen MR) is 112 cm³/mol. The maximum atomic E-state index is 13.6. The van der Waals surface area contributed by atoms with Gasteiger partial charge in [0.2, 0.25) is 15.5 Å². The second-order valence-electron chi connectivity index (χ2n) is 7.98. The lowest BCUT2D eigenvalue weighted by atomic mass is 9.92. The SMILES string of the molecule is CCOC(=O)c1noc(C2CC2)c1C(=O)c1ccc(C(F)(F)F)cc1Cc1nc(S(C)(=O)=O)n[nH]1. The summed E-state index contributed by atoms with van der Waals surface area (Å²) in [4.78, 5) is 29.8. The van der Waals surface area contributed by atoms with Crippen LogP contribution in [0.5, 0.6) is 0 Å². The van der Waals surface area contributed by atoms with Crippen LogP contribution in [0.3, 0.4) is 0 Å². The van der Waals surface area contributed by atoms with Crippen molar-refractivity contribution in [3.8, 4) is 0 Å². The number of aromatic amines is 1. The highest BCUT2D eigenvalue weighted by Gasteiger charge is 2.39. The molecule has 14 heteroatoms. The summed E-state index contributed by atoms with van der Waals surface area (Å²) in [6.45, 7) is 1.58. The number of benzene rings is 1. The fourth-order valence-electron chi connectivity index (χ4n) is 3.46. The second-order valence-corrected chi connectivity index (χ2v) is 9.89. The largest absolute Gasteiger partial charge is 0.461 e. The highest BCUT2D eigenvalue weighted by atomic mass is 32.2. The lowest BCUT2D eigenvalue weighted by molar-refractivity contribution is -0.137. The molecule has 0 saturated heterocycles. The molecule has 0 radical (unpaired) electrons. The number of H-pyrrole nitrogens is 1. The van der Waals surface area contributed by atoms with Crippen molar-refractivity contribution < 1.29 is 40.4 Å². The van der Waals surface area contributed by atoms with Crippen LogP contribution in [0.2, 0.25) is 0 Å². The third kappa shape index (κ3) is 5.11. The van der Waals surface area contributed by atoms with Gasteiger partial charge >= 0.3 is 12.1 Å². The number of carbonyl (C=O) groups excluding carboxylic acids is 2. The summed E-state index contributed by atoms with van der Waals surface area (Å²) in [5, 5.41) is 9.10. The first-order chi connectivity index (χ1) is 16.4. The number of hydrogen-bond acceptors (Lipinski definition) is 9. The number of alkyl halides is 3. The van der Waals surface area contributed by atoms with Gasteiger partial charge in [-0.3, -0.25) is 9.89 Å². The molecule has 1 fully saturated rings. The molecule has 2 heterocycles. The van der Waals surface area contributed by atoms with Crippen LogP contribution in [-0.4, -0.2) is 53.4 Å². The Kier molecular flexibility index (Phi) is 6.25. The van der Waals surface area contributed by atoms with E-state index in [2.05, 4.69) is 20.3 Å². The number of halogens is 3. The van der Waals surface area contributed by atoms with E-state index in [1.54, 1.807) is 6.92 Å². The van der Waals surface area contributed by atoms with Gasteiger partial charge in [0.15, 0.2) is 11.5 Å². The van der Waals surface area contributed by atoms with Crippen LogP contribution >= 0.6 is 0 Å². The number of ether oxygens (including phenoxy) is 1. The maximum absolute atomic E-state index is 13.6. The molecule has 0 amide bonds. The van der Waals surface area contributed by atoms with Crippen molar-refractivity contribution in [3.63, 3.8) is 0 Å². The lowest BCUT2D eigenvalue weighted by Crippen LogP contribution is -2.16. The van der Waals surface area contributed by atoms with Crippen molar-refractivity contribution in [2.24, 2.45) is 0 Å². The fourth-order valence-corrected chi connectivity index (χ4v) is 3.95. The van der Waals surface area contributed by atoms with E-state index in [0.717, 1.165) is 24.5 Å². The molecule has 1 N–H and O–H groups in total. The van der Waals surface area contributed by atoms with Gasteiger partial charge in [0.1, 0.15) is 11.4 Å². The molecule has 186 valence electrons. The van der Waals surface area contributed by atoms with Gasteiger partial charge in [-0.15, -0.1) is 5.10 Å². The van der Waals surface area contributed by atoms with Gasteiger partial charge in [-0.05, 0) is 37.5 Å². The Morgan fingerprint density at radius 2 is 1.97 bits per heavy atom. The van der Waals surface area contributed by atoms with Gasteiger partial charge < -0.3 is 9.26 Å². The molecule has 2 aromatic heterocycles. The Morgan fingerprint density at radius 3 is 2.54 bits per heavy atom. The van der Waals surface area contributed by atoms with E-state index in [0.29, 0.717) is 12.8 Å². The molecule has 1 aromatic carbocycles. The normalized spacial score (nSPS) is 14.2. The molecule has 0 bridgehead atoms. The topological polar surface area (TPSA) is 145 Å². The Bertz CT molecular complexity index is 1410. The Balaban J connectivity index is 1.81. The number of carbonyl (C=O) groups is 2. The molecule has 3 aromatic rings. The lowest BCUT2D eigenvalue weighted by Gasteiger charge is -2.13. The maximum Gasteiger partial charge on any atom is 0.416 e. The van der Waals surface area contributed by atoms with Crippen LogP contribution in [0.4, 0.5) is 13.2 Å². The highest BCUT2D eigenvalue weighted by Crippen LogP contribution is 2.43. The Morgan fingerprint density at radius 1 is 1.26 bits per heavy atom. The standard InChI is InChI=1S/C21H19F3N4O6S/c1-3-33-19(30)16-15(18(34-28-16)10-4-5-10)17(29)13-7-6-12(21(22,23)24)8-11(13)9-14-25-20(27-26-14)35(2,31)32/h6-8,10H,3-5,9H2,1-2H3,(H,25,26,27). The molecule has 1 aliphatic carbocycles. The highest BCUT2D eigenvalue weighted by molar-refractivity contribution is 7.90. The van der Waals surface area contributed by atoms with E-state index in [9.17, 15) is 31.2 Å². The number of aromatic nitrogens is 4. The number of hydrogen-bond donors (Lipinski definition) is 1. The number of nitrogens with zero attached hydrogens (tertiary/aromatic N) is 3. The van der Waals surface area contributed by atoms with Gasteiger partial charge in [0.05, 0.1) is 12.2 Å². The third-order valence-corrected chi connectivity index (χ3v) is 6.09. The molecule has 35 heavy (non-hydrogen) atoms. The summed E-state index contributed by atoms with van der Waals surface area (Å²) in [6.07, 6.45) is -2.80. The first kappa shape index (κ1) is 24.6. The molecular weight excluding hydrogens is 493 g/mol. The minimum atomic E-state index is -4.71. The summed E-state index contributed by atoms with van der Waals surface area (Å²) in [5.74, 6) is -1.72. The molecule has 4 rings (SSSR count). The monoisotopic (exact) mass is 512 g/mol. The van der Waals surface area contributed by atoms with Crippen LogP contribution in [0.1, 0.15) is 74.8 Å². The average Bonchev–Trinajstić information content (AvgIpc) is 3.32. The third-order valence-electron chi connectivity index (χ3n) is 5.24. The van der Waals surface area contributed by atoms with Crippen molar-refractivity contribution in [3.05, 3.63) is 57.7 Å². The first-order valence-corrected chi connectivity index (χ1v) is 12.3. The first-order valence-electron chi connectivity index (χ1n) is 10.4. The molecule has 0 atom stereocenters. The molecule has 1 saturated carbocycles. The number of nitrogens with one attached hydrogen (secondary N) is 1. The van der Waals surface area contributed by atoms with E-state index < -0.39 is 38.5 Å². The minimum Gasteiger partial charge on any atom is -0.461 e. The van der Waals surface area contributed by atoms with Crippen molar-refractivity contribution >= 4 is 21.6 Å². The van der Waals surface area contributed by atoms with E-state index >= 15 is 0 Å². The van der Waals surface area contributed by atoms with Gasteiger partial charge in [0.25, 0.3) is 5.16 Å². The van der Waals surface area contributed by atoms with Crippen molar-refractivity contribution in [2.75, 3.05) is 12.9 Å². The van der Waals surface area contributed by atoms with E-state index in [-0.39, 0.29) is 52.9 Å². The second kappa shape index (κ2) is 8.91. The van der Waals surface area contributed by atoms with Gasteiger partial charge in [-0.2, -0.15) is 13.2 Å². The zero-order valence-corrected chi connectivity index (χ0v) is 19.3. The van der Waals surface area contributed by atoms with Gasteiger partial charge in [0, 0.05) is 24.2 Å². The average molecular weight is 512 g/mol. The van der Waals surface area contributed by atoms with Crippen molar-refractivity contribution in [1.29, 1.82) is 0 Å². The number of esters is 1. The molecule has 1 aliphatic rings. The molecule has 0 unspecified atom stereocenters. The Hall–Kier alpha value is -3.55. The van der Waals surface area contributed by atoms with Crippen LogP contribution in [0.15, 0.2) is 27.9 Å². The summed E-state index contributed by atoms with van der Waals surface area (Å²) in [6, 6.07) is 2.50. The van der Waals surface area contributed by atoms with Crippen LogP contribution in [0, 0.1) is 0 Å². The number of rotatable bonds is 8. The van der Waals surface area contributed by atoms with Gasteiger partial charge in [-0.25, -0.2) is 18.2 Å². The Labute approximate surface area is 196 Å². The fraction of sp³-hybridized carbons (Fsp3) is 0.381. The number of ketones is 1.